The molecule has 1 saturated heterocycles. The Morgan fingerprint density at radius 3 is 2.34 bits per heavy atom. The normalized spacial score (nSPS) is 18.1. The zero-order valence-corrected chi connectivity index (χ0v) is 23.0. The van der Waals surface area contributed by atoms with E-state index in [1.165, 1.54) is 0 Å². The monoisotopic (exact) mass is 568 g/mol. The highest BCUT2D eigenvalue weighted by Gasteiger charge is 2.32. The van der Waals surface area contributed by atoms with E-state index in [0.717, 1.165) is 73.5 Å². The fraction of sp³-hybridized carbons (Fsp3) is 0.321. The third-order valence-electron chi connectivity index (χ3n) is 7.46. The summed E-state index contributed by atoms with van der Waals surface area (Å²) in [4.78, 5) is 17.3. The zero-order valence-electron chi connectivity index (χ0n) is 20.7. The predicted molar refractivity (Wildman–Crippen MR) is 152 cm³/mol. The number of para-hydroxylation sites is 1. The van der Waals surface area contributed by atoms with Gasteiger partial charge in [0.2, 0.25) is 0 Å². The number of rotatable bonds is 5. The van der Waals surface area contributed by atoms with Crippen LogP contribution < -0.4 is 10.2 Å². The number of piperidine rings is 1. The molecular weight excluding hydrogens is 543 g/mol. The lowest BCUT2D eigenvalue weighted by molar-refractivity contribution is 0.116. The van der Waals surface area contributed by atoms with Gasteiger partial charge in [0, 0.05) is 42.3 Å². The number of hydrogen-bond acceptors (Lipinski definition) is 5. The van der Waals surface area contributed by atoms with E-state index in [4.69, 9.17) is 34.8 Å². The Labute approximate surface area is 236 Å². The number of urea groups is 1. The van der Waals surface area contributed by atoms with Gasteiger partial charge in [-0.3, -0.25) is 14.8 Å². The molecule has 7 nitrogen and oxygen atoms in total. The minimum atomic E-state index is -0.268. The molecule has 3 aliphatic heterocycles. The molecule has 38 heavy (non-hydrogen) atoms. The van der Waals surface area contributed by atoms with E-state index in [0.29, 0.717) is 33.3 Å². The van der Waals surface area contributed by atoms with Crippen molar-refractivity contribution in [1.82, 2.24) is 15.2 Å². The number of nitrogens with one attached hydrogen (secondary N) is 1. The lowest BCUT2D eigenvalue weighted by Gasteiger charge is -2.36. The van der Waals surface area contributed by atoms with Crippen LogP contribution in [-0.4, -0.2) is 48.2 Å². The molecule has 3 heterocycles. The van der Waals surface area contributed by atoms with Gasteiger partial charge in [0.15, 0.2) is 0 Å². The molecule has 3 aliphatic rings. The first-order chi connectivity index (χ1) is 18.5. The van der Waals surface area contributed by atoms with Crippen molar-refractivity contribution in [2.24, 2.45) is 10.3 Å². The average Bonchev–Trinajstić information content (AvgIpc) is 3.45. The van der Waals surface area contributed by atoms with E-state index in [-0.39, 0.29) is 6.03 Å². The number of carbonyl (C=O) groups excluding carboxylic acids is 1. The summed E-state index contributed by atoms with van der Waals surface area (Å²) in [5.74, 6) is 0. The Bertz CT molecular complexity index is 1390. The first-order valence-corrected chi connectivity index (χ1v) is 13.9. The summed E-state index contributed by atoms with van der Waals surface area (Å²) < 4.78 is 0. The van der Waals surface area contributed by atoms with Crippen molar-refractivity contribution >= 4 is 52.2 Å². The number of likely N-dealkylation sites (tertiary alicyclic amines) is 1. The Balaban J connectivity index is 1.39. The molecule has 0 unspecified atom stereocenters. The highest BCUT2D eigenvalue weighted by atomic mass is 35.5. The maximum absolute atomic E-state index is 13.3. The zero-order chi connectivity index (χ0) is 26.2. The summed E-state index contributed by atoms with van der Waals surface area (Å²) in [5, 5.41) is 15.0. The number of halogens is 3. The van der Waals surface area contributed by atoms with E-state index >= 15 is 0 Å². The number of nitrogens with zero attached hydrogens (tertiary/aromatic N) is 5. The van der Waals surface area contributed by atoms with Gasteiger partial charge >= 0.3 is 6.03 Å². The Kier molecular flexibility index (Phi) is 7.18. The molecule has 1 fully saturated rings. The molecule has 0 aromatic heterocycles. The highest BCUT2D eigenvalue weighted by Crippen LogP contribution is 2.45. The molecule has 2 amide bonds. The van der Waals surface area contributed by atoms with Crippen LogP contribution in [0.15, 0.2) is 64.9 Å². The molecule has 10 heteroatoms. The van der Waals surface area contributed by atoms with Crippen LogP contribution in [0.3, 0.4) is 0 Å². The largest absolute Gasteiger partial charge is 0.333 e. The standard InChI is InChI=1S/C28H27Cl3N6O/c29-23-5-2-1-4-20(23)21-14-18(17-35-11-8-19(9-12-35)36-13-10-33-34-36)15-26-22(21)16-32-28(38)37(26)27-24(30)6-3-7-25(27)31/h1-7,14-15,19H,8-13,16-17H2,(H,32,38). The Morgan fingerprint density at radius 2 is 1.63 bits per heavy atom. The van der Waals surface area contributed by atoms with Crippen LogP contribution in [0, 0.1) is 0 Å². The third kappa shape index (κ3) is 4.84. The van der Waals surface area contributed by atoms with Crippen LogP contribution in [-0.2, 0) is 13.1 Å². The second-order valence-corrected chi connectivity index (χ2v) is 11.0. The summed E-state index contributed by atoms with van der Waals surface area (Å²) in [6.45, 7) is 4.78. The Hall–Kier alpha value is -2.84. The molecule has 6 rings (SSSR count). The van der Waals surface area contributed by atoms with Crippen LogP contribution in [0.25, 0.3) is 11.1 Å². The minimum Gasteiger partial charge on any atom is -0.333 e. The van der Waals surface area contributed by atoms with Crippen molar-refractivity contribution in [3.05, 3.63) is 80.8 Å². The van der Waals surface area contributed by atoms with Crippen LogP contribution in [0.1, 0.15) is 24.0 Å². The lowest BCUT2D eigenvalue weighted by Crippen LogP contribution is -2.43. The second-order valence-electron chi connectivity index (χ2n) is 9.81. The Morgan fingerprint density at radius 1 is 0.895 bits per heavy atom. The third-order valence-corrected chi connectivity index (χ3v) is 8.40. The number of fused-ring (bicyclic) bond motifs is 1. The molecular formula is C28H27Cl3N6O. The number of hydrogen-bond donors (Lipinski definition) is 1. The molecule has 0 spiro atoms. The van der Waals surface area contributed by atoms with Gasteiger partial charge in [-0.1, -0.05) is 64.3 Å². The van der Waals surface area contributed by atoms with Crippen molar-refractivity contribution in [2.45, 2.75) is 32.0 Å². The van der Waals surface area contributed by atoms with Crippen molar-refractivity contribution in [2.75, 3.05) is 31.1 Å². The quantitative estimate of drug-likeness (QED) is 0.350. The van der Waals surface area contributed by atoms with Gasteiger partial charge in [-0.25, -0.2) is 4.79 Å². The summed E-state index contributed by atoms with van der Waals surface area (Å²) in [6.07, 6.45) is 2.09. The van der Waals surface area contributed by atoms with Gasteiger partial charge < -0.3 is 5.32 Å². The van der Waals surface area contributed by atoms with E-state index in [2.05, 4.69) is 37.7 Å². The van der Waals surface area contributed by atoms with Gasteiger partial charge in [-0.05, 0) is 54.3 Å². The van der Waals surface area contributed by atoms with Crippen molar-refractivity contribution in [3.8, 4) is 11.1 Å². The van der Waals surface area contributed by atoms with Crippen LogP contribution >= 0.6 is 34.8 Å². The predicted octanol–water partition coefficient (Wildman–Crippen LogP) is 7.32. The van der Waals surface area contributed by atoms with E-state index < -0.39 is 0 Å². The maximum Gasteiger partial charge on any atom is 0.326 e. The highest BCUT2D eigenvalue weighted by molar-refractivity contribution is 6.40. The topological polar surface area (TPSA) is 63.5 Å². The van der Waals surface area contributed by atoms with Crippen LogP contribution in [0.4, 0.5) is 16.2 Å². The fourth-order valence-corrected chi connectivity index (χ4v) is 6.40. The molecule has 3 aromatic carbocycles. The lowest BCUT2D eigenvalue weighted by atomic mass is 9.93. The second kappa shape index (κ2) is 10.7. The molecule has 1 N–H and O–H groups in total. The first-order valence-electron chi connectivity index (χ1n) is 12.8. The van der Waals surface area contributed by atoms with Crippen LogP contribution in [0.5, 0.6) is 0 Å². The SMILES string of the molecule is O=C1NCc2c(-c3ccccc3Cl)cc(CN3CCC(N4CCN=N4)CC3)cc2N1c1c(Cl)cccc1Cl. The molecule has 3 aromatic rings. The van der Waals surface area contributed by atoms with Gasteiger partial charge in [0.25, 0.3) is 0 Å². The van der Waals surface area contributed by atoms with E-state index in [1.807, 2.05) is 24.3 Å². The molecule has 0 saturated carbocycles. The van der Waals surface area contributed by atoms with Gasteiger partial charge in [0.05, 0.1) is 40.6 Å². The van der Waals surface area contributed by atoms with E-state index in [1.54, 1.807) is 23.1 Å². The molecule has 0 atom stereocenters. The molecule has 0 aliphatic carbocycles. The summed E-state index contributed by atoms with van der Waals surface area (Å²) in [7, 11) is 0. The maximum atomic E-state index is 13.3. The summed E-state index contributed by atoms with van der Waals surface area (Å²) in [6, 6.07) is 17.5. The molecule has 0 radical (unpaired) electrons. The number of anilines is 2. The molecule has 0 bridgehead atoms. The summed E-state index contributed by atoms with van der Waals surface area (Å²) in [5.41, 5.74) is 5.22. The van der Waals surface area contributed by atoms with E-state index in [9.17, 15) is 4.79 Å². The fourth-order valence-electron chi connectivity index (χ4n) is 5.60. The van der Waals surface area contributed by atoms with Crippen LogP contribution in [0.2, 0.25) is 15.1 Å². The van der Waals surface area contributed by atoms with Crippen molar-refractivity contribution < 1.29 is 4.79 Å². The van der Waals surface area contributed by atoms with Gasteiger partial charge in [-0.15, -0.1) is 0 Å². The number of carbonyl (C=O) groups is 1. The van der Waals surface area contributed by atoms with Crippen molar-refractivity contribution in [1.29, 1.82) is 0 Å². The smallest absolute Gasteiger partial charge is 0.326 e. The minimum absolute atomic E-state index is 0.268. The van der Waals surface area contributed by atoms with Gasteiger partial charge in [-0.2, -0.15) is 5.11 Å². The van der Waals surface area contributed by atoms with Crippen molar-refractivity contribution in [3.63, 3.8) is 0 Å². The summed E-state index contributed by atoms with van der Waals surface area (Å²) >= 11 is 19.9. The first kappa shape index (κ1) is 25.4. The van der Waals surface area contributed by atoms with Gasteiger partial charge in [0.1, 0.15) is 0 Å². The number of amides is 2. The average molecular weight is 570 g/mol. The molecule has 196 valence electrons. The number of benzene rings is 3.